The van der Waals surface area contributed by atoms with Crippen molar-refractivity contribution >= 4 is 35.3 Å². The van der Waals surface area contributed by atoms with E-state index in [9.17, 15) is 4.79 Å². The highest BCUT2D eigenvalue weighted by Gasteiger charge is 2.14. The maximum atomic E-state index is 12.0. The lowest BCUT2D eigenvalue weighted by atomic mass is 10.2. The zero-order valence-electron chi connectivity index (χ0n) is 14.6. The van der Waals surface area contributed by atoms with E-state index in [2.05, 4.69) is 15.5 Å². The molecule has 138 valence electrons. The van der Waals surface area contributed by atoms with Crippen LogP contribution in [-0.4, -0.2) is 29.8 Å². The van der Waals surface area contributed by atoms with Crippen molar-refractivity contribution < 1.29 is 14.3 Å². The van der Waals surface area contributed by atoms with Crippen LogP contribution in [0.5, 0.6) is 11.5 Å². The fourth-order valence-electron chi connectivity index (χ4n) is 2.06. The van der Waals surface area contributed by atoms with Gasteiger partial charge < -0.3 is 9.47 Å². The number of carbonyl (C=O) groups is 1. The first kappa shape index (κ1) is 20.0. The average Bonchev–Trinajstić information content (AvgIpc) is 2.58. The Labute approximate surface area is 162 Å². The van der Waals surface area contributed by atoms with Gasteiger partial charge in [-0.05, 0) is 50.6 Å². The van der Waals surface area contributed by atoms with Gasteiger partial charge in [-0.25, -0.2) is 10.4 Å². The number of hydrogen-bond acceptors (Lipinski definition) is 5. The molecular weight excluding hydrogens is 377 g/mol. The fourth-order valence-corrected chi connectivity index (χ4v) is 2.53. The summed E-state index contributed by atoms with van der Waals surface area (Å²) in [4.78, 5) is 15.9. The summed E-state index contributed by atoms with van der Waals surface area (Å²) in [5.74, 6) is 0.527. The molecule has 1 N–H and O–H groups in total. The molecule has 0 aliphatic carbocycles. The zero-order valence-corrected chi connectivity index (χ0v) is 16.1. The molecule has 0 atom stereocenters. The van der Waals surface area contributed by atoms with E-state index in [-0.39, 0.29) is 16.8 Å². The van der Waals surface area contributed by atoms with E-state index in [0.29, 0.717) is 28.7 Å². The highest BCUT2D eigenvalue weighted by Crippen LogP contribution is 2.37. The van der Waals surface area contributed by atoms with Crippen LogP contribution in [0, 0.1) is 0 Å². The Bertz CT molecular complexity index is 810. The molecule has 2 aromatic rings. The molecule has 0 saturated carbocycles. The Morgan fingerprint density at radius 1 is 1.38 bits per heavy atom. The zero-order chi connectivity index (χ0) is 19.1. The number of benzene rings is 1. The summed E-state index contributed by atoms with van der Waals surface area (Å²) in [7, 11) is 0. The van der Waals surface area contributed by atoms with Crippen molar-refractivity contribution in [3.8, 4) is 11.5 Å². The van der Waals surface area contributed by atoms with Crippen molar-refractivity contribution in [3.63, 3.8) is 0 Å². The first-order valence-corrected chi connectivity index (χ1v) is 8.74. The van der Waals surface area contributed by atoms with Crippen LogP contribution in [0.3, 0.4) is 0 Å². The van der Waals surface area contributed by atoms with Crippen LogP contribution in [0.1, 0.15) is 36.7 Å². The van der Waals surface area contributed by atoms with Crippen molar-refractivity contribution in [2.75, 3.05) is 6.61 Å². The smallest absolute Gasteiger partial charge is 0.274 e. The lowest BCUT2D eigenvalue weighted by molar-refractivity contribution is 0.0955. The third-order valence-corrected chi connectivity index (χ3v) is 3.65. The first-order valence-electron chi connectivity index (χ1n) is 7.99. The van der Waals surface area contributed by atoms with Gasteiger partial charge in [-0.15, -0.1) is 0 Å². The number of hydrazone groups is 1. The second-order valence-corrected chi connectivity index (χ2v) is 6.24. The van der Waals surface area contributed by atoms with Crippen molar-refractivity contribution in [2.24, 2.45) is 5.10 Å². The molecule has 1 heterocycles. The number of carbonyl (C=O) groups excluding carboxylic acids is 1. The third-order valence-electron chi connectivity index (χ3n) is 3.07. The minimum atomic E-state index is -0.463. The van der Waals surface area contributed by atoms with E-state index >= 15 is 0 Å². The van der Waals surface area contributed by atoms with Crippen molar-refractivity contribution in [1.29, 1.82) is 0 Å². The van der Waals surface area contributed by atoms with Gasteiger partial charge in [0.2, 0.25) is 0 Å². The number of aromatic nitrogens is 1. The van der Waals surface area contributed by atoms with Gasteiger partial charge in [-0.1, -0.05) is 23.2 Å². The molecule has 0 saturated heterocycles. The second-order valence-electron chi connectivity index (χ2n) is 5.47. The molecule has 0 radical (unpaired) electrons. The highest BCUT2D eigenvalue weighted by atomic mass is 35.5. The van der Waals surface area contributed by atoms with E-state index in [1.807, 2.05) is 20.8 Å². The molecule has 1 aromatic heterocycles. The van der Waals surface area contributed by atoms with Crippen LogP contribution in [0.15, 0.2) is 35.6 Å². The highest BCUT2D eigenvalue weighted by molar-refractivity contribution is 6.33. The largest absolute Gasteiger partial charge is 0.490 e. The van der Waals surface area contributed by atoms with E-state index < -0.39 is 5.91 Å². The maximum Gasteiger partial charge on any atom is 0.274 e. The van der Waals surface area contributed by atoms with Gasteiger partial charge >= 0.3 is 0 Å². The summed E-state index contributed by atoms with van der Waals surface area (Å²) >= 11 is 12.2. The molecule has 2 rings (SSSR count). The SMILES string of the molecule is CCOc1cc(C=NNC(=O)c2cccnc2Cl)cc(Cl)c1OC(C)C. The van der Waals surface area contributed by atoms with Crippen molar-refractivity contribution in [2.45, 2.75) is 26.9 Å². The molecule has 8 heteroatoms. The first-order chi connectivity index (χ1) is 12.4. The molecule has 0 aliphatic heterocycles. The molecule has 0 unspecified atom stereocenters. The second kappa shape index (κ2) is 9.40. The van der Waals surface area contributed by atoms with E-state index in [4.69, 9.17) is 32.7 Å². The van der Waals surface area contributed by atoms with Gasteiger partial charge in [0.15, 0.2) is 11.5 Å². The van der Waals surface area contributed by atoms with Crippen LogP contribution in [0.25, 0.3) is 0 Å². The lowest BCUT2D eigenvalue weighted by Crippen LogP contribution is -2.18. The summed E-state index contributed by atoms with van der Waals surface area (Å²) in [5, 5.41) is 4.43. The number of halogens is 2. The molecule has 1 amide bonds. The topological polar surface area (TPSA) is 72.8 Å². The van der Waals surface area contributed by atoms with Gasteiger partial charge in [-0.2, -0.15) is 5.10 Å². The Balaban J connectivity index is 2.17. The number of nitrogens with zero attached hydrogens (tertiary/aromatic N) is 2. The molecular formula is C18H19Cl2N3O3. The van der Waals surface area contributed by atoms with E-state index in [1.54, 1.807) is 24.3 Å². The number of hydrogen-bond donors (Lipinski definition) is 1. The van der Waals surface area contributed by atoms with Gasteiger partial charge in [0.1, 0.15) is 5.15 Å². The molecule has 0 fully saturated rings. The van der Waals surface area contributed by atoms with Crippen LogP contribution in [0.2, 0.25) is 10.2 Å². The number of ether oxygens (including phenoxy) is 2. The minimum Gasteiger partial charge on any atom is -0.490 e. The Morgan fingerprint density at radius 2 is 2.15 bits per heavy atom. The van der Waals surface area contributed by atoms with Crippen molar-refractivity contribution in [3.05, 3.63) is 51.8 Å². The monoisotopic (exact) mass is 395 g/mol. The van der Waals surface area contributed by atoms with Gasteiger partial charge in [0, 0.05) is 6.20 Å². The average molecular weight is 396 g/mol. The summed E-state index contributed by atoms with van der Waals surface area (Å²) in [6, 6.07) is 6.59. The molecule has 0 bridgehead atoms. The molecule has 26 heavy (non-hydrogen) atoms. The number of nitrogens with one attached hydrogen (secondary N) is 1. The van der Waals surface area contributed by atoms with Crippen LogP contribution < -0.4 is 14.9 Å². The predicted molar refractivity (Wildman–Crippen MR) is 103 cm³/mol. The Morgan fingerprint density at radius 3 is 2.81 bits per heavy atom. The number of pyridine rings is 1. The Hall–Kier alpha value is -2.31. The van der Waals surface area contributed by atoms with E-state index in [1.165, 1.54) is 12.4 Å². The number of rotatable bonds is 7. The maximum absolute atomic E-state index is 12.0. The fraction of sp³-hybridized carbons (Fsp3) is 0.278. The summed E-state index contributed by atoms with van der Waals surface area (Å²) in [5.41, 5.74) is 3.28. The normalized spacial score (nSPS) is 11.0. The van der Waals surface area contributed by atoms with Gasteiger partial charge in [0.25, 0.3) is 5.91 Å². The van der Waals surface area contributed by atoms with Crippen molar-refractivity contribution in [1.82, 2.24) is 10.4 Å². The van der Waals surface area contributed by atoms with Gasteiger partial charge in [0.05, 0.1) is 29.5 Å². The summed E-state index contributed by atoms with van der Waals surface area (Å²) < 4.78 is 11.3. The minimum absolute atomic E-state index is 0.0465. The molecule has 6 nitrogen and oxygen atoms in total. The van der Waals surface area contributed by atoms with Crippen LogP contribution in [-0.2, 0) is 0 Å². The van der Waals surface area contributed by atoms with Gasteiger partial charge in [-0.3, -0.25) is 4.79 Å². The standard InChI is InChI=1S/C18H19Cl2N3O3/c1-4-25-15-9-12(8-14(19)16(15)26-11(2)3)10-22-23-18(24)13-6-5-7-21-17(13)20/h5-11H,4H2,1-3H3,(H,23,24). The third kappa shape index (κ3) is 5.34. The summed E-state index contributed by atoms with van der Waals surface area (Å²) in [6.45, 7) is 6.13. The van der Waals surface area contributed by atoms with Crippen LogP contribution >= 0.6 is 23.2 Å². The summed E-state index contributed by atoms with van der Waals surface area (Å²) in [6.07, 6.45) is 2.91. The lowest BCUT2D eigenvalue weighted by Gasteiger charge is -2.16. The molecule has 0 aliphatic rings. The van der Waals surface area contributed by atoms with E-state index in [0.717, 1.165) is 0 Å². The quantitative estimate of drug-likeness (QED) is 0.429. The molecule has 0 spiro atoms. The Kier molecular flexibility index (Phi) is 7.24. The molecule has 1 aromatic carbocycles. The van der Waals surface area contributed by atoms with Crippen LogP contribution in [0.4, 0.5) is 0 Å². The number of amides is 1. The predicted octanol–water partition coefficient (Wildman–Crippen LogP) is 4.34.